The molecule has 0 atom stereocenters. The van der Waals surface area contributed by atoms with Gasteiger partial charge >= 0.3 is 11.9 Å². The molecule has 0 aliphatic rings. The molecule has 0 fully saturated rings. The summed E-state index contributed by atoms with van der Waals surface area (Å²) in [7, 11) is 1.49. The third-order valence-corrected chi connectivity index (χ3v) is 5.99. The normalized spacial score (nSPS) is 11.8. The highest BCUT2D eigenvalue weighted by Crippen LogP contribution is 2.33. The van der Waals surface area contributed by atoms with Crippen LogP contribution in [-0.4, -0.2) is 34.6 Å². The summed E-state index contributed by atoms with van der Waals surface area (Å²) in [5.41, 5.74) is -1.39. The van der Waals surface area contributed by atoms with Gasteiger partial charge < -0.3 is 9.88 Å². The molecule has 4 rings (SSSR count). The van der Waals surface area contributed by atoms with Crippen molar-refractivity contribution >= 4 is 34.2 Å². The van der Waals surface area contributed by atoms with Crippen molar-refractivity contribution in [1.82, 2.24) is 28.7 Å². The lowest BCUT2D eigenvalue weighted by molar-refractivity contribution is -0.141. The lowest BCUT2D eigenvalue weighted by Crippen LogP contribution is -2.39. The van der Waals surface area contributed by atoms with Crippen LogP contribution in [0.5, 0.6) is 0 Å². The van der Waals surface area contributed by atoms with Crippen LogP contribution in [0.1, 0.15) is 18.2 Å². The van der Waals surface area contributed by atoms with Crippen molar-refractivity contribution in [2.45, 2.75) is 33.1 Å². The van der Waals surface area contributed by atoms with Crippen LogP contribution < -0.4 is 16.6 Å². The van der Waals surface area contributed by atoms with Gasteiger partial charge in [0.2, 0.25) is 5.91 Å². The molecule has 4 aromatic rings. The van der Waals surface area contributed by atoms with Crippen LogP contribution in [0.4, 0.5) is 19.0 Å². The van der Waals surface area contributed by atoms with Gasteiger partial charge in [0, 0.05) is 30.7 Å². The highest BCUT2D eigenvalue weighted by molar-refractivity contribution is 7.13. The van der Waals surface area contributed by atoms with Crippen molar-refractivity contribution in [3.05, 3.63) is 56.1 Å². The average Bonchev–Trinajstić information content (AvgIpc) is 3.39. The average molecular weight is 493 g/mol. The molecule has 0 aliphatic carbocycles. The van der Waals surface area contributed by atoms with E-state index in [9.17, 15) is 27.6 Å². The molecule has 4 heterocycles. The Hall–Kier alpha value is -3.81. The minimum absolute atomic E-state index is 0.0371. The molecular formula is C20H18F3N7O3S. The summed E-state index contributed by atoms with van der Waals surface area (Å²) >= 11 is 1.13. The number of thiazole rings is 1. The monoisotopic (exact) mass is 493 g/mol. The van der Waals surface area contributed by atoms with E-state index >= 15 is 0 Å². The second-order valence-corrected chi connectivity index (χ2v) is 8.27. The molecule has 0 unspecified atom stereocenters. The van der Waals surface area contributed by atoms with Crippen molar-refractivity contribution in [2.75, 3.05) is 5.32 Å². The number of nitrogens with one attached hydrogen (secondary N) is 1. The maximum Gasteiger partial charge on any atom is 0.433 e. The van der Waals surface area contributed by atoms with E-state index in [1.807, 2.05) is 0 Å². The summed E-state index contributed by atoms with van der Waals surface area (Å²) in [5.74, 6) is -0.306. The summed E-state index contributed by atoms with van der Waals surface area (Å²) in [6.07, 6.45) is -2.16. The number of rotatable bonds is 5. The quantitative estimate of drug-likeness (QED) is 0.456. The molecule has 0 saturated carbocycles. The van der Waals surface area contributed by atoms with E-state index < -0.39 is 29.0 Å². The number of aromatic nitrogens is 6. The summed E-state index contributed by atoms with van der Waals surface area (Å²) in [6, 6.07) is 1.33. The number of hydrogen-bond acceptors (Lipinski definition) is 7. The standard InChI is InChI=1S/C20H18F3N7O3S/c1-4-30-18(32)14-16(28(3)19(30)33)25-9-29(14)7-13(31)26-12-8-34-17(27-12)11-5-10(2)15(24-6-11)20(21,22)23/h5-6,8-9H,4,7H2,1-3H3,(H,26,31). The van der Waals surface area contributed by atoms with Crippen molar-refractivity contribution in [2.24, 2.45) is 7.05 Å². The van der Waals surface area contributed by atoms with Crippen LogP contribution >= 0.6 is 11.3 Å². The van der Waals surface area contributed by atoms with Crippen LogP contribution in [0.15, 0.2) is 33.6 Å². The number of alkyl halides is 3. The van der Waals surface area contributed by atoms with E-state index in [1.54, 1.807) is 12.3 Å². The number of hydrogen-bond donors (Lipinski definition) is 1. The lowest BCUT2D eigenvalue weighted by atomic mass is 10.1. The maximum absolute atomic E-state index is 12.9. The fourth-order valence-corrected chi connectivity index (χ4v) is 4.24. The molecule has 1 amide bonds. The molecule has 0 radical (unpaired) electrons. The van der Waals surface area contributed by atoms with Crippen molar-refractivity contribution < 1.29 is 18.0 Å². The van der Waals surface area contributed by atoms with E-state index in [2.05, 4.69) is 20.3 Å². The number of aryl methyl sites for hydroxylation is 2. The van der Waals surface area contributed by atoms with E-state index in [-0.39, 0.29) is 35.6 Å². The third kappa shape index (κ3) is 4.11. The Morgan fingerprint density at radius 1 is 1.24 bits per heavy atom. The van der Waals surface area contributed by atoms with E-state index in [0.29, 0.717) is 10.6 Å². The van der Waals surface area contributed by atoms with Crippen molar-refractivity contribution in [3.8, 4) is 10.6 Å². The van der Waals surface area contributed by atoms with Gasteiger partial charge in [-0.1, -0.05) is 0 Å². The number of halogens is 3. The number of amides is 1. The highest BCUT2D eigenvalue weighted by atomic mass is 32.1. The molecule has 0 aromatic carbocycles. The molecule has 178 valence electrons. The van der Waals surface area contributed by atoms with E-state index in [0.717, 1.165) is 22.1 Å². The van der Waals surface area contributed by atoms with E-state index in [1.165, 1.54) is 35.5 Å². The molecule has 0 saturated heterocycles. The fraction of sp³-hybridized carbons (Fsp3) is 0.300. The Labute approximate surface area is 193 Å². The van der Waals surface area contributed by atoms with Crippen LogP contribution in [-0.2, 0) is 31.1 Å². The number of fused-ring (bicyclic) bond motifs is 1. The first-order valence-corrected chi connectivity index (χ1v) is 10.8. The SMILES string of the molecule is CCn1c(=O)c2c(ncn2CC(=O)Nc2csc(-c3cnc(C(F)(F)F)c(C)c3)n2)n(C)c1=O. The molecule has 0 aliphatic heterocycles. The third-order valence-electron chi connectivity index (χ3n) is 5.10. The number of imidazole rings is 1. The Morgan fingerprint density at radius 2 is 1.97 bits per heavy atom. The largest absolute Gasteiger partial charge is 0.433 e. The molecule has 10 nitrogen and oxygen atoms in total. The number of pyridine rings is 1. The number of carbonyl (C=O) groups excluding carboxylic acids is 1. The lowest BCUT2D eigenvalue weighted by Gasteiger charge is -2.09. The van der Waals surface area contributed by atoms with Crippen molar-refractivity contribution in [1.29, 1.82) is 0 Å². The molecule has 0 bridgehead atoms. The van der Waals surface area contributed by atoms with Gasteiger partial charge in [0.1, 0.15) is 23.1 Å². The molecular weight excluding hydrogens is 475 g/mol. The van der Waals surface area contributed by atoms with Gasteiger partial charge in [-0.25, -0.2) is 14.8 Å². The van der Waals surface area contributed by atoms with Gasteiger partial charge in [0.05, 0.1) is 6.33 Å². The molecule has 4 aromatic heterocycles. The van der Waals surface area contributed by atoms with Gasteiger partial charge in [0.15, 0.2) is 11.2 Å². The molecule has 0 spiro atoms. The molecule has 1 N–H and O–H groups in total. The van der Waals surface area contributed by atoms with Gasteiger partial charge in [-0.3, -0.25) is 23.7 Å². The predicted molar refractivity (Wildman–Crippen MR) is 119 cm³/mol. The van der Waals surface area contributed by atoms with Gasteiger partial charge in [0.25, 0.3) is 5.56 Å². The smallest absolute Gasteiger partial charge is 0.315 e. The minimum Gasteiger partial charge on any atom is -0.315 e. The van der Waals surface area contributed by atoms with Crippen LogP contribution in [0.25, 0.3) is 21.7 Å². The summed E-state index contributed by atoms with van der Waals surface area (Å²) in [4.78, 5) is 49.4. The first-order valence-electron chi connectivity index (χ1n) is 9.95. The summed E-state index contributed by atoms with van der Waals surface area (Å²) in [5, 5.41) is 4.52. The highest BCUT2D eigenvalue weighted by Gasteiger charge is 2.34. The Morgan fingerprint density at radius 3 is 2.62 bits per heavy atom. The topological polar surface area (TPSA) is 117 Å². The fourth-order valence-electron chi connectivity index (χ4n) is 3.51. The minimum atomic E-state index is -4.55. The molecule has 34 heavy (non-hydrogen) atoms. The Bertz CT molecular complexity index is 1530. The Balaban J connectivity index is 1.55. The maximum atomic E-state index is 12.9. The van der Waals surface area contributed by atoms with Crippen LogP contribution in [0.3, 0.4) is 0 Å². The first-order chi connectivity index (χ1) is 16.0. The predicted octanol–water partition coefficient (Wildman–Crippen LogP) is 2.40. The number of anilines is 1. The Kier molecular flexibility index (Phi) is 5.85. The molecule has 14 heteroatoms. The number of carbonyl (C=O) groups is 1. The first kappa shape index (κ1) is 23.4. The summed E-state index contributed by atoms with van der Waals surface area (Å²) in [6.45, 7) is 2.88. The van der Waals surface area contributed by atoms with E-state index in [4.69, 9.17) is 0 Å². The zero-order chi connectivity index (χ0) is 24.8. The second-order valence-electron chi connectivity index (χ2n) is 7.41. The summed E-state index contributed by atoms with van der Waals surface area (Å²) < 4.78 is 42.4. The van der Waals surface area contributed by atoms with Gasteiger partial charge in [-0.15, -0.1) is 11.3 Å². The zero-order valence-electron chi connectivity index (χ0n) is 18.2. The van der Waals surface area contributed by atoms with Crippen LogP contribution in [0.2, 0.25) is 0 Å². The number of nitrogens with zero attached hydrogens (tertiary/aromatic N) is 6. The van der Waals surface area contributed by atoms with Gasteiger partial charge in [-0.2, -0.15) is 13.2 Å². The second kappa shape index (κ2) is 8.52. The zero-order valence-corrected chi connectivity index (χ0v) is 19.0. The van der Waals surface area contributed by atoms with Crippen molar-refractivity contribution in [3.63, 3.8) is 0 Å². The van der Waals surface area contributed by atoms with Gasteiger partial charge in [-0.05, 0) is 25.5 Å². The van der Waals surface area contributed by atoms with Crippen LogP contribution in [0, 0.1) is 6.92 Å².